The Hall–Kier alpha value is -1.42. The highest BCUT2D eigenvalue weighted by molar-refractivity contribution is 9.10. The summed E-state index contributed by atoms with van der Waals surface area (Å²) >= 11 is 3.44. The average Bonchev–Trinajstić information content (AvgIpc) is 2.58. The molecule has 124 valence electrons. The second kappa shape index (κ2) is 9.02. The van der Waals surface area contributed by atoms with E-state index in [0.717, 1.165) is 29.7 Å². The fourth-order valence-corrected chi connectivity index (χ4v) is 2.84. The Bertz CT molecular complexity index is 556. The van der Waals surface area contributed by atoms with Gasteiger partial charge in [0.25, 0.3) is 0 Å². The van der Waals surface area contributed by atoms with Crippen LogP contribution in [0.5, 0.6) is 0 Å². The van der Waals surface area contributed by atoms with Gasteiger partial charge in [0.15, 0.2) is 0 Å². The van der Waals surface area contributed by atoms with Gasteiger partial charge in [-0.3, -0.25) is 9.69 Å². The Morgan fingerprint density at radius 3 is 2.91 bits per heavy atom. The van der Waals surface area contributed by atoms with Gasteiger partial charge in [-0.25, -0.2) is 0 Å². The van der Waals surface area contributed by atoms with Crippen LogP contribution in [0, 0.1) is 11.3 Å². The van der Waals surface area contributed by atoms with E-state index < -0.39 is 0 Å². The van der Waals surface area contributed by atoms with Crippen LogP contribution in [0.1, 0.15) is 24.5 Å². The fraction of sp³-hybridized carbons (Fsp3) is 0.529. The molecular weight excluding hydrogens is 358 g/mol. The van der Waals surface area contributed by atoms with Crippen molar-refractivity contribution in [2.45, 2.75) is 18.9 Å². The third-order valence-electron chi connectivity index (χ3n) is 4.02. The number of nitriles is 1. The van der Waals surface area contributed by atoms with Crippen molar-refractivity contribution in [3.8, 4) is 6.07 Å². The second-order valence-electron chi connectivity index (χ2n) is 5.68. The van der Waals surface area contributed by atoms with E-state index in [1.807, 2.05) is 12.1 Å². The quantitative estimate of drug-likeness (QED) is 0.761. The summed E-state index contributed by atoms with van der Waals surface area (Å²) in [6.07, 6.45) is 0.920. The third kappa shape index (κ3) is 5.61. The highest BCUT2D eigenvalue weighted by Crippen LogP contribution is 2.23. The normalized spacial score (nSPS) is 18.4. The van der Waals surface area contributed by atoms with Crippen molar-refractivity contribution >= 4 is 21.8 Å². The minimum Gasteiger partial charge on any atom is -0.371 e. The van der Waals surface area contributed by atoms with E-state index in [1.54, 1.807) is 11.9 Å². The van der Waals surface area contributed by atoms with Crippen LogP contribution in [0.25, 0.3) is 0 Å². The second-order valence-corrected chi connectivity index (χ2v) is 6.60. The molecule has 1 saturated heterocycles. The summed E-state index contributed by atoms with van der Waals surface area (Å²) in [5.41, 5.74) is 1.16. The lowest BCUT2D eigenvalue weighted by Gasteiger charge is -2.33. The summed E-state index contributed by atoms with van der Waals surface area (Å²) in [6, 6.07) is 10.2. The number of ether oxygens (including phenoxy) is 1. The number of rotatable bonds is 6. The standard InChI is InChI=1S/C17H22BrN3O2/c1-20(9-2-8-19)17(22)7-10-21-11-12-23-16(13-21)14-3-5-15(18)6-4-14/h3-6,16H,2,7,9-13H2,1H3/t16-/m1/s1. The molecule has 23 heavy (non-hydrogen) atoms. The number of halogens is 1. The number of hydrogen-bond acceptors (Lipinski definition) is 4. The van der Waals surface area contributed by atoms with Crippen LogP contribution in [0.4, 0.5) is 0 Å². The lowest BCUT2D eigenvalue weighted by atomic mass is 10.1. The first kappa shape index (κ1) is 17.9. The molecule has 0 saturated carbocycles. The zero-order chi connectivity index (χ0) is 16.7. The molecule has 0 radical (unpaired) electrons. The highest BCUT2D eigenvalue weighted by atomic mass is 79.9. The van der Waals surface area contributed by atoms with E-state index in [1.165, 1.54) is 0 Å². The van der Waals surface area contributed by atoms with E-state index >= 15 is 0 Å². The number of nitrogens with zero attached hydrogens (tertiary/aromatic N) is 3. The molecular formula is C17H22BrN3O2. The number of morpholine rings is 1. The number of amides is 1. The zero-order valence-corrected chi connectivity index (χ0v) is 15.0. The topological polar surface area (TPSA) is 56.6 Å². The summed E-state index contributed by atoms with van der Waals surface area (Å²) in [6.45, 7) is 3.56. The van der Waals surface area contributed by atoms with Gasteiger partial charge in [-0.05, 0) is 17.7 Å². The monoisotopic (exact) mass is 379 g/mol. The Labute approximate surface area is 145 Å². The molecule has 0 N–H and O–H groups in total. The van der Waals surface area contributed by atoms with Crippen molar-refractivity contribution in [3.05, 3.63) is 34.3 Å². The Morgan fingerprint density at radius 2 is 2.22 bits per heavy atom. The molecule has 1 aliphatic heterocycles. The van der Waals surface area contributed by atoms with Crippen LogP contribution in [0.3, 0.4) is 0 Å². The first-order chi connectivity index (χ1) is 11.1. The van der Waals surface area contributed by atoms with Crippen LogP contribution >= 0.6 is 15.9 Å². The molecule has 1 heterocycles. The summed E-state index contributed by atoms with van der Waals surface area (Å²) in [7, 11) is 1.75. The average molecular weight is 380 g/mol. The third-order valence-corrected chi connectivity index (χ3v) is 4.55. The molecule has 0 spiro atoms. The summed E-state index contributed by atoms with van der Waals surface area (Å²) in [5.74, 6) is 0.0898. The van der Waals surface area contributed by atoms with Gasteiger partial charge < -0.3 is 9.64 Å². The van der Waals surface area contributed by atoms with Gasteiger partial charge >= 0.3 is 0 Å². The highest BCUT2D eigenvalue weighted by Gasteiger charge is 2.22. The predicted molar refractivity (Wildman–Crippen MR) is 91.8 cm³/mol. The molecule has 0 unspecified atom stereocenters. The van der Waals surface area contributed by atoms with Crippen LogP contribution < -0.4 is 0 Å². The van der Waals surface area contributed by atoms with Gasteiger partial charge in [-0.15, -0.1) is 0 Å². The summed E-state index contributed by atoms with van der Waals surface area (Å²) in [4.78, 5) is 15.9. The molecule has 1 amide bonds. The van der Waals surface area contributed by atoms with Crippen molar-refractivity contribution < 1.29 is 9.53 Å². The molecule has 1 atom stereocenters. The molecule has 0 aliphatic carbocycles. The number of hydrogen-bond donors (Lipinski definition) is 0. The smallest absolute Gasteiger partial charge is 0.223 e. The molecule has 6 heteroatoms. The number of carbonyl (C=O) groups is 1. The van der Waals surface area contributed by atoms with E-state index in [0.29, 0.717) is 26.0 Å². The molecule has 5 nitrogen and oxygen atoms in total. The fourth-order valence-electron chi connectivity index (χ4n) is 2.57. The minimum atomic E-state index is 0.0586. The Balaban J connectivity index is 1.81. The SMILES string of the molecule is CN(CCC#N)C(=O)CCN1CCO[C@@H](c2ccc(Br)cc2)C1. The number of carbonyl (C=O) groups excluding carboxylic acids is 1. The van der Waals surface area contributed by atoms with Crippen molar-refractivity contribution in [1.29, 1.82) is 5.26 Å². The molecule has 0 bridgehead atoms. The maximum absolute atomic E-state index is 12.0. The van der Waals surface area contributed by atoms with Gasteiger partial charge in [-0.1, -0.05) is 28.1 Å². The lowest BCUT2D eigenvalue weighted by molar-refractivity contribution is -0.130. The Morgan fingerprint density at radius 1 is 1.48 bits per heavy atom. The van der Waals surface area contributed by atoms with Crippen molar-refractivity contribution in [3.63, 3.8) is 0 Å². The Kier molecular flexibility index (Phi) is 7.03. The van der Waals surface area contributed by atoms with E-state index in [4.69, 9.17) is 10.00 Å². The van der Waals surface area contributed by atoms with Crippen LogP contribution in [0.2, 0.25) is 0 Å². The molecule has 0 aromatic heterocycles. The molecule has 1 aliphatic rings. The van der Waals surface area contributed by atoms with E-state index in [9.17, 15) is 4.79 Å². The molecule has 1 fully saturated rings. The van der Waals surface area contributed by atoms with Crippen LogP contribution in [-0.2, 0) is 9.53 Å². The summed E-state index contributed by atoms with van der Waals surface area (Å²) in [5, 5.41) is 8.57. The van der Waals surface area contributed by atoms with Gasteiger partial charge in [-0.2, -0.15) is 5.26 Å². The molecule has 2 rings (SSSR count). The maximum atomic E-state index is 12.0. The largest absolute Gasteiger partial charge is 0.371 e. The van der Waals surface area contributed by atoms with Crippen molar-refractivity contribution in [2.75, 3.05) is 39.8 Å². The van der Waals surface area contributed by atoms with Gasteiger partial charge in [0.2, 0.25) is 5.91 Å². The van der Waals surface area contributed by atoms with E-state index in [2.05, 4.69) is 39.0 Å². The molecule has 1 aromatic rings. The van der Waals surface area contributed by atoms with Crippen molar-refractivity contribution in [1.82, 2.24) is 9.80 Å². The predicted octanol–water partition coefficient (Wildman–Crippen LogP) is 2.58. The van der Waals surface area contributed by atoms with Crippen LogP contribution in [0.15, 0.2) is 28.7 Å². The van der Waals surface area contributed by atoms with E-state index in [-0.39, 0.29) is 12.0 Å². The first-order valence-electron chi connectivity index (χ1n) is 7.80. The minimum absolute atomic E-state index is 0.0586. The molecule has 1 aromatic carbocycles. The van der Waals surface area contributed by atoms with Crippen molar-refractivity contribution in [2.24, 2.45) is 0 Å². The van der Waals surface area contributed by atoms with Gasteiger partial charge in [0.1, 0.15) is 0 Å². The van der Waals surface area contributed by atoms with Gasteiger partial charge in [0, 0.05) is 44.1 Å². The van der Waals surface area contributed by atoms with Gasteiger partial charge in [0.05, 0.1) is 25.2 Å². The van der Waals surface area contributed by atoms with Crippen LogP contribution in [-0.4, -0.2) is 55.5 Å². The summed E-state index contributed by atoms with van der Waals surface area (Å²) < 4.78 is 6.91. The number of benzene rings is 1. The maximum Gasteiger partial charge on any atom is 0.223 e. The zero-order valence-electron chi connectivity index (χ0n) is 13.4. The lowest BCUT2D eigenvalue weighted by Crippen LogP contribution is -2.40. The first-order valence-corrected chi connectivity index (χ1v) is 8.60.